The molecule has 2 aromatic carbocycles. The summed E-state index contributed by atoms with van der Waals surface area (Å²) in [7, 11) is 0. The second-order valence-electron chi connectivity index (χ2n) is 6.91. The number of nitrogens with zero attached hydrogens (tertiary/aromatic N) is 2. The quantitative estimate of drug-likeness (QED) is 0.457. The normalized spacial score (nSPS) is 11.0. The van der Waals surface area contributed by atoms with Crippen LogP contribution >= 0.6 is 23.1 Å². The molecule has 0 aliphatic rings. The number of aromatic amines is 1. The topological polar surface area (TPSA) is 87.7 Å². The fourth-order valence-electron chi connectivity index (χ4n) is 3.02. The molecule has 0 spiro atoms. The van der Waals surface area contributed by atoms with Gasteiger partial charge in [-0.15, -0.1) is 11.3 Å². The second-order valence-corrected chi connectivity index (χ2v) is 9.09. The number of H-pyrrole nitrogens is 1. The number of nitrogens with one attached hydrogen (secondary N) is 2. The Bertz CT molecular complexity index is 1280. The van der Waals surface area contributed by atoms with Gasteiger partial charge in [0.1, 0.15) is 5.82 Å². The minimum Gasteiger partial charge on any atom is -0.326 e. The first-order valence-corrected chi connectivity index (χ1v) is 11.2. The van der Waals surface area contributed by atoms with Gasteiger partial charge >= 0.3 is 0 Å². The Morgan fingerprint density at radius 3 is 2.77 bits per heavy atom. The molecule has 8 heteroatoms. The molecule has 0 bridgehead atoms. The Balaban J connectivity index is 1.38. The van der Waals surface area contributed by atoms with Gasteiger partial charge in [-0.3, -0.25) is 9.59 Å². The molecule has 152 valence electrons. The van der Waals surface area contributed by atoms with Crippen molar-refractivity contribution in [2.24, 2.45) is 0 Å². The van der Waals surface area contributed by atoms with E-state index in [1.165, 1.54) is 0 Å². The maximum Gasteiger partial charge on any atom is 0.258 e. The first kappa shape index (κ1) is 20.3. The molecule has 0 saturated carbocycles. The number of carbonyl (C=O) groups excluding carboxylic acids is 1. The van der Waals surface area contributed by atoms with E-state index in [2.05, 4.69) is 20.3 Å². The van der Waals surface area contributed by atoms with Gasteiger partial charge in [0.25, 0.3) is 5.56 Å². The molecular formula is C22H20N4O2S2. The molecule has 2 heterocycles. The van der Waals surface area contributed by atoms with Crippen LogP contribution in [0.25, 0.3) is 10.9 Å². The van der Waals surface area contributed by atoms with E-state index in [9.17, 15) is 9.59 Å². The Kier molecular flexibility index (Phi) is 5.96. The van der Waals surface area contributed by atoms with Gasteiger partial charge in [0, 0.05) is 34.5 Å². The molecule has 4 rings (SSSR count). The minimum absolute atomic E-state index is 0.121. The van der Waals surface area contributed by atoms with E-state index in [0.717, 1.165) is 26.2 Å². The summed E-state index contributed by atoms with van der Waals surface area (Å²) < 4.78 is 1.00. The summed E-state index contributed by atoms with van der Waals surface area (Å²) in [4.78, 5) is 37.3. The second kappa shape index (κ2) is 8.81. The lowest BCUT2D eigenvalue weighted by Gasteiger charge is -2.10. The van der Waals surface area contributed by atoms with E-state index in [0.29, 0.717) is 23.1 Å². The number of hydrogen-bond donors (Lipinski definition) is 2. The Labute approximate surface area is 181 Å². The Hall–Kier alpha value is -2.97. The summed E-state index contributed by atoms with van der Waals surface area (Å²) in [6.45, 7) is 3.95. The zero-order chi connectivity index (χ0) is 21.1. The minimum atomic E-state index is -0.185. The number of amides is 1. The lowest BCUT2D eigenvalue weighted by molar-refractivity contribution is -0.116. The molecule has 0 aliphatic heterocycles. The summed E-state index contributed by atoms with van der Waals surface area (Å²) >= 11 is 3.23. The van der Waals surface area contributed by atoms with E-state index in [-0.39, 0.29) is 17.9 Å². The summed E-state index contributed by atoms with van der Waals surface area (Å²) in [6.07, 6.45) is 0.595. The van der Waals surface area contributed by atoms with E-state index < -0.39 is 0 Å². The molecule has 0 radical (unpaired) electrons. The van der Waals surface area contributed by atoms with Crippen LogP contribution in [-0.2, 0) is 11.2 Å². The van der Waals surface area contributed by atoms with E-state index >= 15 is 0 Å². The van der Waals surface area contributed by atoms with Crippen LogP contribution in [0.5, 0.6) is 0 Å². The number of aryl methyl sites for hydroxylation is 3. The van der Waals surface area contributed by atoms with E-state index in [1.54, 1.807) is 41.3 Å². The van der Waals surface area contributed by atoms with Crippen LogP contribution in [0, 0.1) is 13.8 Å². The standard InChI is InChI=1S/C22H20N4O2S2/c1-13-11-15(30-22-23-14(2)12-29-22)7-8-17(13)25-20(27)10-9-19-24-18-6-4-3-5-16(18)21(28)26-19/h3-8,11-12H,9-10H2,1-2H3,(H,25,27)(H,24,26,28). The van der Waals surface area contributed by atoms with Crippen LogP contribution in [0.3, 0.4) is 0 Å². The van der Waals surface area contributed by atoms with Crippen LogP contribution in [-0.4, -0.2) is 20.9 Å². The highest BCUT2D eigenvalue weighted by Gasteiger charge is 2.10. The first-order chi connectivity index (χ1) is 14.5. The predicted octanol–water partition coefficient (Wildman–Crippen LogP) is 4.72. The molecule has 0 atom stereocenters. The largest absolute Gasteiger partial charge is 0.326 e. The molecule has 0 fully saturated rings. The van der Waals surface area contributed by atoms with Crippen molar-refractivity contribution in [3.63, 3.8) is 0 Å². The number of benzene rings is 2. The van der Waals surface area contributed by atoms with Gasteiger partial charge in [-0.05, 0) is 49.7 Å². The summed E-state index contributed by atoms with van der Waals surface area (Å²) in [5, 5.41) is 5.52. The van der Waals surface area contributed by atoms with Gasteiger partial charge in [-0.1, -0.05) is 23.9 Å². The number of thiazole rings is 1. The van der Waals surface area contributed by atoms with Gasteiger partial charge in [-0.2, -0.15) is 0 Å². The summed E-state index contributed by atoms with van der Waals surface area (Å²) in [5.41, 5.74) is 3.23. The van der Waals surface area contributed by atoms with Gasteiger partial charge < -0.3 is 10.3 Å². The van der Waals surface area contributed by atoms with Crippen LogP contribution in [0.1, 0.15) is 23.5 Å². The van der Waals surface area contributed by atoms with E-state index in [1.807, 2.05) is 43.5 Å². The van der Waals surface area contributed by atoms with Crippen molar-refractivity contribution in [2.75, 3.05) is 5.32 Å². The third-order valence-electron chi connectivity index (χ3n) is 4.53. The van der Waals surface area contributed by atoms with Gasteiger partial charge in [-0.25, -0.2) is 9.97 Å². The monoisotopic (exact) mass is 436 g/mol. The third kappa shape index (κ3) is 4.77. The van der Waals surface area contributed by atoms with Crippen LogP contribution < -0.4 is 10.9 Å². The summed E-state index contributed by atoms with van der Waals surface area (Å²) in [5.74, 6) is 0.390. The average molecular weight is 437 g/mol. The van der Waals surface area contributed by atoms with Crippen molar-refractivity contribution in [1.82, 2.24) is 15.0 Å². The maximum atomic E-state index is 12.4. The molecular weight excluding hydrogens is 416 g/mol. The van der Waals surface area contributed by atoms with Crippen molar-refractivity contribution >= 4 is 45.6 Å². The van der Waals surface area contributed by atoms with Crippen molar-refractivity contribution in [3.8, 4) is 0 Å². The van der Waals surface area contributed by atoms with Crippen LogP contribution in [0.2, 0.25) is 0 Å². The molecule has 6 nitrogen and oxygen atoms in total. The highest BCUT2D eigenvalue weighted by atomic mass is 32.2. The predicted molar refractivity (Wildman–Crippen MR) is 121 cm³/mol. The molecule has 0 aliphatic carbocycles. The number of rotatable bonds is 6. The molecule has 4 aromatic rings. The number of para-hydroxylation sites is 1. The Morgan fingerprint density at radius 1 is 1.17 bits per heavy atom. The SMILES string of the molecule is Cc1csc(Sc2ccc(NC(=O)CCc3nc4ccccc4c(=O)[nH]3)c(C)c2)n1. The maximum absolute atomic E-state index is 12.4. The third-order valence-corrected chi connectivity index (χ3v) is 6.57. The smallest absolute Gasteiger partial charge is 0.258 e. The van der Waals surface area contributed by atoms with E-state index in [4.69, 9.17) is 0 Å². The van der Waals surface area contributed by atoms with Crippen molar-refractivity contribution < 1.29 is 4.79 Å². The fraction of sp³-hybridized carbons (Fsp3) is 0.182. The molecule has 0 unspecified atom stereocenters. The molecule has 0 saturated heterocycles. The number of carbonyl (C=O) groups is 1. The van der Waals surface area contributed by atoms with Crippen LogP contribution in [0.15, 0.2) is 61.9 Å². The highest BCUT2D eigenvalue weighted by molar-refractivity contribution is 8.01. The highest BCUT2D eigenvalue weighted by Crippen LogP contribution is 2.32. The average Bonchev–Trinajstić information content (AvgIpc) is 3.13. The number of fused-ring (bicyclic) bond motifs is 1. The number of aromatic nitrogens is 3. The lowest BCUT2D eigenvalue weighted by atomic mass is 10.2. The summed E-state index contributed by atoms with van der Waals surface area (Å²) in [6, 6.07) is 13.1. The molecule has 30 heavy (non-hydrogen) atoms. The number of hydrogen-bond acceptors (Lipinski definition) is 6. The van der Waals surface area contributed by atoms with Gasteiger partial charge in [0.15, 0.2) is 4.34 Å². The molecule has 1 amide bonds. The number of anilines is 1. The lowest BCUT2D eigenvalue weighted by Crippen LogP contribution is -2.16. The Morgan fingerprint density at radius 2 is 2.00 bits per heavy atom. The van der Waals surface area contributed by atoms with Gasteiger partial charge in [0.05, 0.1) is 10.9 Å². The van der Waals surface area contributed by atoms with Gasteiger partial charge in [0.2, 0.25) is 5.91 Å². The van der Waals surface area contributed by atoms with Crippen molar-refractivity contribution in [3.05, 3.63) is 75.3 Å². The van der Waals surface area contributed by atoms with Crippen LogP contribution in [0.4, 0.5) is 5.69 Å². The van der Waals surface area contributed by atoms with Crippen molar-refractivity contribution in [2.45, 2.75) is 35.9 Å². The first-order valence-electron chi connectivity index (χ1n) is 9.46. The van der Waals surface area contributed by atoms with Crippen molar-refractivity contribution in [1.29, 1.82) is 0 Å². The zero-order valence-corrected chi connectivity index (χ0v) is 18.2. The molecule has 2 N–H and O–H groups in total. The fourth-order valence-corrected chi connectivity index (χ4v) is 4.93. The zero-order valence-electron chi connectivity index (χ0n) is 16.6. The molecule has 2 aromatic heterocycles.